The fraction of sp³-hybridized carbons (Fsp3) is 0.238. The van der Waals surface area contributed by atoms with E-state index in [2.05, 4.69) is 10.1 Å². The summed E-state index contributed by atoms with van der Waals surface area (Å²) in [6.45, 7) is 0.474. The summed E-state index contributed by atoms with van der Waals surface area (Å²) < 4.78 is 44.2. The van der Waals surface area contributed by atoms with Crippen LogP contribution in [0, 0.1) is 11.3 Å². The van der Waals surface area contributed by atoms with E-state index in [-0.39, 0.29) is 23.2 Å². The van der Waals surface area contributed by atoms with Gasteiger partial charge in [-0.1, -0.05) is 23.4 Å². The molecule has 0 N–H and O–H groups in total. The van der Waals surface area contributed by atoms with Crippen molar-refractivity contribution in [3.05, 3.63) is 71.1 Å². The highest BCUT2D eigenvalue weighted by Crippen LogP contribution is 2.35. The first-order chi connectivity index (χ1) is 14.4. The molecule has 1 amide bonds. The van der Waals surface area contributed by atoms with Gasteiger partial charge < -0.3 is 9.42 Å². The van der Waals surface area contributed by atoms with Gasteiger partial charge in [0.15, 0.2) is 0 Å². The zero-order chi connectivity index (χ0) is 21.3. The minimum absolute atomic E-state index is 0.0295. The molecular formula is C21H15F3N4O2. The maximum Gasteiger partial charge on any atom is 0.416 e. The minimum Gasteiger partial charge on any atom is -0.337 e. The van der Waals surface area contributed by atoms with Crippen molar-refractivity contribution in [2.75, 3.05) is 6.54 Å². The number of hydrogen-bond acceptors (Lipinski definition) is 5. The monoisotopic (exact) mass is 412 g/mol. The molecule has 2 aromatic carbocycles. The van der Waals surface area contributed by atoms with Gasteiger partial charge in [0.2, 0.25) is 11.7 Å². The third-order valence-corrected chi connectivity index (χ3v) is 4.93. The lowest BCUT2D eigenvalue weighted by atomic mass is 10.1. The van der Waals surface area contributed by atoms with Crippen molar-refractivity contribution in [1.29, 1.82) is 5.26 Å². The first-order valence-electron chi connectivity index (χ1n) is 9.19. The van der Waals surface area contributed by atoms with Crippen LogP contribution in [0.5, 0.6) is 0 Å². The normalized spacial score (nSPS) is 16.5. The molecule has 1 aliphatic heterocycles. The highest BCUT2D eigenvalue weighted by molar-refractivity contribution is 5.95. The fourth-order valence-corrected chi connectivity index (χ4v) is 3.48. The number of halogens is 3. The number of amides is 1. The Kier molecular flexibility index (Phi) is 4.99. The number of carbonyl (C=O) groups excluding carboxylic acids is 1. The Bertz CT molecular complexity index is 1130. The van der Waals surface area contributed by atoms with Crippen LogP contribution in [0.4, 0.5) is 13.2 Å². The van der Waals surface area contributed by atoms with E-state index < -0.39 is 17.8 Å². The largest absolute Gasteiger partial charge is 0.416 e. The molecule has 30 heavy (non-hydrogen) atoms. The van der Waals surface area contributed by atoms with Crippen LogP contribution in [-0.4, -0.2) is 27.5 Å². The van der Waals surface area contributed by atoms with Gasteiger partial charge in [-0.15, -0.1) is 0 Å². The van der Waals surface area contributed by atoms with Crippen LogP contribution in [0.25, 0.3) is 11.4 Å². The van der Waals surface area contributed by atoms with Crippen molar-refractivity contribution in [2.45, 2.75) is 25.1 Å². The SMILES string of the molecule is N#Cc1cccc(C(=O)N2CCC[C@H]2c2nc(-c3cccc(C(F)(F)F)c3)no2)c1. The summed E-state index contributed by atoms with van der Waals surface area (Å²) in [7, 11) is 0. The summed E-state index contributed by atoms with van der Waals surface area (Å²) in [5.41, 5.74) is 0.124. The van der Waals surface area contributed by atoms with Gasteiger partial charge >= 0.3 is 6.18 Å². The van der Waals surface area contributed by atoms with Gasteiger partial charge in [-0.2, -0.15) is 23.4 Å². The zero-order valence-electron chi connectivity index (χ0n) is 15.6. The van der Waals surface area contributed by atoms with Gasteiger partial charge in [0.25, 0.3) is 5.91 Å². The lowest BCUT2D eigenvalue weighted by Gasteiger charge is -2.22. The number of alkyl halides is 3. The van der Waals surface area contributed by atoms with Crippen molar-refractivity contribution < 1.29 is 22.5 Å². The molecule has 152 valence electrons. The van der Waals surface area contributed by atoms with Gasteiger partial charge in [0, 0.05) is 17.7 Å². The van der Waals surface area contributed by atoms with Crippen molar-refractivity contribution >= 4 is 5.91 Å². The lowest BCUT2D eigenvalue weighted by molar-refractivity contribution is -0.137. The minimum atomic E-state index is -4.48. The lowest BCUT2D eigenvalue weighted by Crippen LogP contribution is -2.30. The third kappa shape index (κ3) is 3.76. The maximum atomic E-state index is 13.0. The topological polar surface area (TPSA) is 83.0 Å². The van der Waals surface area contributed by atoms with Gasteiger partial charge in [-0.25, -0.2) is 0 Å². The highest BCUT2D eigenvalue weighted by Gasteiger charge is 2.35. The number of nitriles is 1. The number of hydrogen-bond donors (Lipinski definition) is 0. The Labute approximate surface area is 169 Å². The first kappa shape index (κ1) is 19.6. The van der Waals surface area contributed by atoms with Crippen molar-refractivity contribution in [2.24, 2.45) is 0 Å². The summed E-state index contributed by atoms with van der Waals surface area (Å²) >= 11 is 0. The molecule has 0 unspecified atom stereocenters. The maximum absolute atomic E-state index is 13.0. The molecule has 0 bridgehead atoms. The van der Waals surface area contributed by atoms with E-state index in [0.29, 0.717) is 24.1 Å². The molecule has 1 aliphatic rings. The van der Waals surface area contributed by atoms with Crippen molar-refractivity contribution in [3.8, 4) is 17.5 Å². The number of carbonyl (C=O) groups is 1. The van der Waals surface area contributed by atoms with Gasteiger partial charge in [0.05, 0.1) is 17.2 Å². The van der Waals surface area contributed by atoms with Crippen molar-refractivity contribution in [1.82, 2.24) is 15.0 Å². The predicted molar refractivity (Wildman–Crippen MR) is 98.9 cm³/mol. The second-order valence-corrected chi connectivity index (χ2v) is 6.88. The fourth-order valence-electron chi connectivity index (χ4n) is 3.48. The van der Waals surface area contributed by atoms with Gasteiger partial charge in [-0.05, 0) is 43.2 Å². The van der Waals surface area contributed by atoms with Crippen LogP contribution >= 0.6 is 0 Å². The van der Waals surface area contributed by atoms with Crippen LogP contribution in [0.1, 0.15) is 46.3 Å². The Morgan fingerprint density at radius 1 is 1.20 bits per heavy atom. The number of nitrogens with zero attached hydrogens (tertiary/aromatic N) is 4. The number of benzene rings is 2. The van der Waals surface area contributed by atoms with E-state index in [0.717, 1.165) is 18.6 Å². The third-order valence-electron chi connectivity index (χ3n) is 4.93. The van der Waals surface area contributed by atoms with Gasteiger partial charge in [-0.3, -0.25) is 4.79 Å². The molecule has 0 spiro atoms. The Morgan fingerprint density at radius 3 is 2.77 bits per heavy atom. The molecule has 1 fully saturated rings. The highest BCUT2D eigenvalue weighted by atomic mass is 19.4. The molecular weight excluding hydrogens is 397 g/mol. The summed E-state index contributed by atoms with van der Waals surface area (Å²) in [5, 5.41) is 12.9. The molecule has 0 radical (unpaired) electrons. The second-order valence-electron chi connectivity index (χ2n) is 6.88. The Hall–Kier alpha value is -3.67. The predicted octanol–water partition coefficient (Wildman–Crippen LogP) is 4.60. The Balaban J connectivity index is 1.60. The summed E-state index contributed by atoms with van der Waals surface area (Å²) in [6.07, 6.45) is -3.17. The second kappa shape index (κ2) is 7.63. The zero-order valence-corrected chi connectivity index (χ0v) is 15.6. The standard InChI is InChI=1S/C21H15F3N4O2/c22-21(23,24)16-7-2-5-14(11-16)18-26-19(30-27-18)17-8-3-9-28(17)20(29)15-6-1-4-13(10-15)12-25/h1-2,4-7,10-11,17H,3,8-9H2/t17-/m0/s1. The van der Waals surface area contributed by atoms with Gasteiger partial charge in [0.1, 0.15) is 6.04 Å². The van der Waals surface area contributed by atoms with E-state index in [1.165, 1.54) is 18.2 Å². The molecule has 1 aromatic heterocycles. The summed E-state index contributed by atoms with van der Waals surface area (Å²) in [5.74, 6) is -0.0694. The smallest absolute Gasteiger partial charge is 0.337 e. The molecule has 3 aromatic rings. The van der Waals surface area contributed by atoms with Crippen LogP contribution in [-0.2, 0) is 6.18 Å². The molecule has 0 saturated carbocycles. The molecule has 9 heteroatoms. The van der Waals surface area contributed by atoms with Crippen LogP contribution < -0.4 is 0 Å². The molecule has 1 atom stereocenters. The van der Waals surface area contributed by atoms with Crippen LogP contribution in [0.15, 0.2) is 53.1 Å². The average molecular weight is 412 g/mol. The van der Waals surface area contributed by atoms with E-state index in [9.17, 15) is 18.0 Å². The van der Waals surface area contributed by atoms with Crippen LogP contribution in [0.2, 0.25) is 0 Å². The average Bonchev–Trinajstić information content (AvgIpc) is 3.42. The summed E-state index contributed by atoms with van der Waals surface area (Å²) in [4.78, 5) is 18.8. The number of likely N-dealkylation sites (tertiary alicyclic amines) is 1. The summed E-state index contributed by atoms with van der Waals surface area (Å²) in [6, 6.07) is 12.6. The quantitative estimate of drug-likeness (QED) is 0.628. The van der Waals surface area contributed by atoms with E-state index in [1.54, 1.807) is 23.1 Å². The molecule has 1 saturated heterocycles. The molecule has 6 nitrogen and oxygen atoms in total. The number of aromatic nitrogens is 2. The van der Waals surface area contributed by atoms with Crippen LogP contribution in [0.3, 0.4) is 0 Å². The van der Waals surface area contributed by atoms with Crippen molar-refractivity contribution in [3.63, 3.8) is 0 Å². The first-order valence-corrected chi connectivity index (χ1v) is 9.19. The molecule has 0 aliphatic carbocycles. The Morgan fingerprint density at radius 2 is 2.00 bits per heavy atom. The van der Waals surface area contributed by atoms with E-state index >= 15 is 0 Å². The molecule has 4 rings (SSSR count). The van der Waals surface area contributed by atoms with E-state index in [4.69, 9.17) is 9.78 Å². The number of rotatable bonds is 3. The van der Waals surface area contributed by atoms with E-state index in [1.807, 2.05) is 6.07 Å². The molecule has 2 heterocycles.